The van der Waals surface area contributed by atoms with Crippen molar-refractivity contribution in [1.29, 1.82) is 0 Å². The van der Waals surface area contributed by atoms with Crippen LogP contribution in [-0.4, -0.2) is 15.6 Å². The summed E-state index contributed by atoms with van der Waals surface area (Å²) >= 11 is 12.1. The van der Waals surface area contributed by atoms with Gasteiger partial charge in [0.25, 0.3) is 0 Å². The van der Waals surface area contributed by atoms with Gasteiger partial charge in [0.1, 0.15) is 0 Å². The molecule has 19 heavy (non-hydrogen) atoms. The van der Waals surface area contributed by atoms with Crippen LogP contribution in [0.3, 0.4) is 0 Å². The van der Waals surface area contributed by atoms with E-state index in [0.717, 1.165) is 22.6 Å². The van der Waals surface area contributed by atoms with Crippen molar-refractivity contribution < 1.29 is 9.90 Å². The number of aliphatic carboxylic acids is 1. The highest BCUT2D eigenvalue weighted by atomic mass is 35.5. The van der Waals surface area contributed by atoms with Crippen LogP contribution >= 0.6 is 23.2 Å². The molecule has 0 amide bonds. The smallest absolute Gasteiger partial charge is 0.307 e. The maximum Gasteiger partial charge on any atom is 0.307 e. The number of rotatable bonds is 3. The van der Waals surface area contributed by atoms with E-state index in [-0.39, 0.29) is 6.42 Å². The number of aryl methyl sites for hydroxylation is 1. The summed E-state index contributed by atoms with van der Waals surface area (Å²) in [5.74, 6) is -0.845. The van der Waals surface area contributed by atoms with Crippen LogP contribution in [0, 0.1) is 13.8 Å². The molecule has 1 aromatic carbocycles. The first kappa shape index (κ1) is 14.0. The van der Waals surface area contributed by atoms with Gasteiger partial charge >= 0.3 is 5.97 Å². The molecule has 5 heteroatoms. The zero-order valence-corrected chi connectivity index (χ0v) is 12.1. The fraction of sp³-hybridized carbons (Fsp3) is 0.214. The summed E-state index contributed by atoms with van der Waals surface area (Å²) in [5, 5.41) is 10.0. The number of nitrogens with zero attached hydrogens (tertiary/aromatic N) is 1. The van der Waals surface area contributed by atoms with Crippen LogP contribution in [0.25, 0.3) is 5.69 Å². The third-order valence-corrected chi connectivity index (χ3v) is 3.57. The van der Waals surface area contributed by atoms with Crippen LogP contribution in [0.15, 0.2) is 24.3 Å². The Morgan fingerprint density at radius 2 is 1.95 bits per heavy atom. The highest BCUT2D eigenvalue weighted by Crippen LogP contribution is 2.28. The number of hydrogen-bond acceptors (Lipinski definition) is 1. The van der Waals surface area contributed by atoms with Crippen molar-refractivity contribution in [1.82, 2.24) is 4.57 Å². The number of benzene rings is 1. The minimum Gasteiger partial charge on any atom is -0.481 e. The summed E-state index contributed by atoms with van der Waals surface area (Å²) < 4.78 is 1.94. The molecule has 2 aromatic rings. The second-order valence-corrected chi connectivity index (χ2v) is 5.24. The molecule has 0 aliphatic heterocycles. The van der Waals surface area contributed by atoms with Gasteiger partial charge in [0.2, 0.25) is 0 Å². The van der Waals surface area contributed by atoms with Crippen molar-refractivity contribution in [3.63, 3.8) is 0 Å². The van der Waals surface area contributed by atoms with Gasteiger partial charge in [-0.1, -0.05) is 23.2 Å². The summed E-state index contributed by atoms with van der Waals surface area (Å²) in [7, 11) is 0. The Labute approximate surface area is 121 Å². The fourth-order valence-corrected chi connectivity index (χ4v) is 2.70. The lowest BCUT2D eigenvalue weighted by molar-refractivity contribution is -0.136. The molecule has 1 heterocycles. The molecule has 0 fully saturated rings. The van der Waals surface area contributed by atoms with Gasteiger partial charge in [-0.25, -0.2) is 0 Å². The van der Waals surface area contributed by atoms with E-state index in [1.165, 1.54) is 0 Å². The van der Waals surface area contributed by atoms with Crippen molar-refractivity contribution >= 4 is 29.2 Å². The van der Waals surface area contributed by atoms with E-state index < -0.39 is 5.97 Å². The number of halogens is 2. The molecule has 3 nitrogen and oxygen atoms in total. The van der Waals surface area contributed by atoms with E-state index >= 15 is 0 Å². The lowest BCUT2D eigenvalue weighted by Gasteiger charge is -2.12. The van der Waals surface area contributed by atoms with E-state index in [4.69, 9.17) is 28.3 Å². The van der Waals surface area contributed by atoms with Crippen LogP contribution in [0.5, 0.6) is 0 Å². The van der Waals surface area contributed by atoms with E-state index in [9.17, 15) is 4.79 Å². The SMILES string of the molecule is Cc1cc(CC(=O)O)c(C)n1-c1ccc(Cl)cc1Cl. The molecule has 0 saturated heterocycles. The zero-order valence-electron chi connectivity index (χ0n) is 10.6. The maximum absolute atomic E-state index is 10.8. The summed E-state index contributed by atoms with van der Waals surface area (Å²) in [5.41, 5.74) is 3.41. The molecule has 0 saturated carbocycles. The van der Waals surface area contributed by atoms with Crippen LogP contribution in [0.1, 0.15) is 17.0 Å². The summed E-state index contributed by atoms with van der Waals surface area (Å²) in [4.78, 5) is 10.8. The molecule has 0 aliphatic rings. The molecule has 1 N–H and O–H groups in total. The molecule has 1 aromatic heterocycles. The summed E-state index contributed by atoms with van der Waals surface area (Å²) in [6.45, 7) is 3.81. The second-order valence-electron chi connectivity index (χ2n) is 4.40. The predicted molar refractivity (Wildman–Crippen MR) is 76.6 cm³/mol. The first-order chi connectivity index (χ1) is 8.90. The van der Waals surface area contributed by atoms with E-state index in [1.54, 1.807) is 12.1 Å². The average Bonchev–Trinajstić information content (AvgIpc) is 2.55. The predicted octanol–water partition coefficient (Wildman–Crippen LogP) is 4.03. The van der Waals surface area contributed by atoms with Gasteiger partial charge in [-0.2, -0.15) is 0 Å². The average molecular weight is 298 g/mol. The van der Waals surface area contributed by atoms with Crippen LogP contribution in [-0.2, 0) is 11.2 Å². The number of carboxylic acids is 1. The largest absolute Gasteiger partial charge is 0.481 e. The number of aromatic nitrogens is 1. The Kier molecular flexibility index (Phi) is 3.88. The zero-order chi connectivity index (χ0) is 14.2. The third-order valence-electron chi connectivity index (χ3n) is 3.03. The van der Waals surface area contributed by atoms with Crippen LogP contribution in [0.2, 0.25) is 10.0 Å². The molecular weight excluding hydrogens is 285 g/mol. The van der Waals surface area contributed by atoms with Gasteiger partial charge < -0.3 is 9.67 Å². The second kappa shape index (κ2) is 5.27. The standard InChI is InChI=1S/C14H13Cl2NO2/c1-8-5-10(6-14(18)19)9(2)17(8)13-4-3-11(15)7-12(13)16/h3-5,7H,6H2,1-2H3,(H,18,19). The van der Waals surface area contributed by atoms with E-state index in [0.29, 0.717) is 10.0 Å². The Bertz CT molecular complexity index is 647. The minimum atomic E-state index is -0.845. The van der Waals surface area contributed by atoms with Gasteiger partial charge in [-0.3, -0.25) is 4.79 Å². The molecule has 2 rings (SSSR count). The number of carbonyl (C=O) groups is 1. The van der Waals surface area contributed by atoms with Gasteiger partial charge in [0.05, 0.1) is 17.1 Å². The Balaban J connectivity index is 2.56. The molecule has 0 aliphatic carbocycles. The van der Waals surface area contributed by atoms with Crippen molar-refractivity contribution in [3.8, 4) is 5.69 Å². The highest BCUT2D eigenvalue weighted by Gasteiger charge is 2.14. The number of carboxylic acid groups (broad SMARTS) is 1. The normalized spacial score (nSPS) is 10.7. The number of hydrogen-bond donors (Lipinski definition) is 1. The molecule has 0 spiro atoms. The van der Waals surface area contributed by atoms with Gasteiger partial charge in [-0.15, -0.1) is 0 Å². The van der Waals surface area contributed by atoms with Crippen LogP contribution in [0.4, 0.5) is 0 Å². The molecule has 0 radical (unpaired) electrons. The minimum absolute atomic E-state index is 0.00484. The summed E-state index contributed by atoms with van der Waals surface area (Å²) in [6, 6.07) is 7.14. The quantitative estimate of drug-likeness (QED) is 0.929. The fourth-order valence-electron chi connectivity index (χ4n) is 2.20. The Hall–Kier alpha value is -1.45. The molecule has 0 atom stereocenters. The van der Waals surface area contributed by atoms with E-state index in [2.05, 4.69) is 0 Å². The lowest BCUT2D eigenvalue weighted by atomic mass is 10.2. The van der Waals surface area contributed by atoms with Gasteiger partial charge in [0.15, 0.2) is 0 Å². The van der Waals surface area contributed by atoms with Crippen molar-refractivity contribution in [2.24, 2.45) is 0 Å². The Morgan fingerprint density at radius 1 is 1.26 bits per heavy atom. The monoisotopic (exact) mass is 297 g/mol. The topological polar surface area (TPSA) is 42.2 Å². The van der Waals surface area contributed by atoms with E-state index in [1.807, 2.05) is 30.5 Å². The molecular formula is C14H13Cl2NO2. The van der Waals surface area contributed by atoms with Crippen LogP contribution < -0.4 is 0 Å². The lowest BCUT2D eigenvalue weighted by Crippen LogP contribution is -2.03. The molecule has 0 unspecified atom stereocenters. The maximum atomic E-state index is 10.8. The molecule has 100 valence electrons. The molecule has 0 bridgehead atoms. The van der Waals surface area contributed by atoms with Gasteiger partial charge in [-0.05, 0) is 43.7 Å². The van der Waals surface area contributed by atoms with Gasteiger partial charge in [0, 0.05) is 16.4 Å². The third kappa shape index (κ3) is 2.77. The first-order valence-electron chi connectivity index (χ1n) is 5.75. The Morgan fingerprint density at radius 3 is 2.53 bits per heavy atom. The highest BCUT2D eigenvalue weighted by molar-refractivity contribution is 6.35. The summed E-state index contributed by atoms with van der Waals surface area (Å²) in [6.07, 6.45) is 0.00484. The van der Waals surface area contributed by atoms with Crippen molar-refractivity contribution in [3.05, 3.63) is 51.3 Å². The first-order valence-corrected chi connectivity index (χ1v) is 6.50. The van der Waals surface area contributed by atoms with Crippen molar-refractivity contribution in [2.45, 2.75) is 20.3 Å². The van der Waals surface area contributed by atoms with Crippen molar-refractivity contribution in [2.75, 3.05) is 0 Å².